The maximum absolute atomic E-state index is 13.0. The minimum Gasteiger partial charge on any atom is -0.467 e. The van der Waals surface area contributed by atoms with Crippen molar-refractivity contribution in [2.24, 2.45) is 0 Å². The van der Waals surface area contributed by atoms with Gasteiger partial charge < -0.3 is 9.84 Å². The highest BCUT2D eigenvalue weighted by molar-refractivity contribution is 5.76. The molecule has 3 nitrogen and oxygen atoms in total. The second-order valence-electron chi connectivity index (χ2n) is 2.56. The summed E-state index contributed by atoms with van der Waals surface area (Å²) in [5, 5.41) is 9.20. The molecule has 0 bridgehead atoms. The summed E-state index contributed by atoms with van der Waals surface area (Å²) in [6.45, 7) is 0. The molecule has 0 spiro atoms. The van der Waals surface area contributed by atoms with E-state index in [1.54, 1.807) is 0 Å². The minimum absolute atomic E-state index is 0.695. The van der Waals surface area contributed by atoms with Crippen LogP contribution in [0.4, 0.5) is 8.78 Å². The molecule has 1 N–H and O–H groups in total. The summed E-state index contributed by atoms with van der Waals surface area (Å²) >= 11 is 0. The second-order valence-corrected chi connectivity index (χ2v) is 2.56. The van der Waals surface area contributed by atoms with Crippen molar-refractivity contribution in [3.63, 3.8) is 0 Å². The first-order valence-corrected chi connectivity index (χ1v) is 3.77. The Hall–Kier alpha value is -1.49. The molecule has 1 atom stereocenters. The number of rotatable bonds is 2. The molecule has 1 aromatic rings. The summed E-state index contributed by atoms with van der Waals surface area (Å²) in [7, 11) is 1.02. The van der Waals surface area contributed by atoms with E-state index in [1.807, 2.05) is 0 Å². The number of carbonyl (C=O) groups excluding carboxylic acids is 1. The molecule has 0 saturated carbocycles. The van der Waals surface area contributed by atoms with Gasteiger partial charge in [-0.05, 0) is 12.1 Å². The number of hydrogen-bond donors (Lipinski definition) is 1. The zero-order valence-electron chi connectivity index (χ0n) is 7.33. The van der Waals surface area contributed by atoms with Crippen LogP contribution in [0.2, 0.25) is 0 Å². The highest BCUT2D eigenvalue weighted by Gasteiger charge is 2.24. The molecule has 0 aliphatic heterocycles. The van der Waals surface area contributed by atoms with Crippen LogP contribution < -0.4 is 0 Å². The summed E-state index contributed by atoms with van der Waals surface area (Å²) in [4.78, 5) is 10.8. The molecular weight excluding hydrogens is 194 g/mol. The SMILES string of the molecule is COC(=O)C(O)c1c(F)cccc1F. The number of ether oxygens (including phenoxy) is 1. The van der Waals surface area contributed by atoms with Gasteiger partial charge in [-0.2, -0.15) is 0 Å². The van der Waals surface area contributed by atoms with E-state index in [2.05, 4.69) is 4.74 Å². The average molecular weight is 202 g/mol. The van der Waals surface area contributed by atoms with Gasteiger partial charge in [-0.3, -0.25) is 0 Å². The fourth-order valence-corrected chi connectivity index (χ4v) is 1.00. The third kappa shape index (κ3) is 1.88. The van der Waals surface area contributed by atoms with E-state index >= 15 is 0 Å². The monoisotopic (exact) mass is 202 g/mol. The highest BCUT2D eigenvalue weighted by atomic mass is 19.1. The summed E-state index contributed by atoms with van der Waals surface area (Å²) in [6.07, 6.45) is -1.93. The minimum atomic E-state index is -1.93. The Kier molecular flexibility index (Phi) is 3.14. The Balaban J connectivity index is 3.11. The van der Waals surface area contributed by atoms with Crippen LogP contribution in [0.25, 0.3) is 0 Å². The lowest BCUT2D eigenvalue weighted by atomic mass is 10.1. The van der Waals surface area contributed by atoms with E-state index in [9.17, 15) is 18.7 Å². The van der Waals surface area contributed by atoms with Crippen LogP contribution in [0.15, 0.2) is 18.2 Å². The molecule has 0 fully saturated rings. The number of esters is 1. The van der Waals surface area contributed by atoms with Gasteiger partial charge >= 0.3 is 5.97 Å². The number of methoxy groups -OCH3 is 1. The Labute approximate surface area is 78.9 Å². The number of benzene rings is 1. The molecule has 76 valence electrons. The van der Waals surface area contributed by atoms with Crippen molar-refractivity contribution >= 4 is 5.97 Å². The fraction of sp³-hybridized carbons (Fsp3) is 0.222. The number of hydrogen-bond acceptors (Lipinski definition) is 3. The first-order valence-electron chi connectivity index (χ1n) is 3.77. The van der Waals surface area contributed by atoms with E-state index in [1.165, 1.54) is 0 Å². The maximum atomic E-state index is 13.0. The first kappa shape index (κ1) is 10.6. The summed E-state index contributed by atoms with van der Waals surface area (Å²) in [6, 6.07) is 3.04. The fourth-order valence-electron chi connectivity index (χ4n) is 1.00. The van der Waals surface area contributed by atoms with Gasteiger partial charge in [0.15, 0.2) is 6.10 Å². The van der Waals surface area contributed by atoms with E-state index in [4.69, 9.17) is 0 Å². The van der Waals surface area contributed by atoms with Crippen molar-refractivity contribution in [1.82, 2.24) is 0 Å². The number of halogens is 2. The molecule has 1 unspecified atom stereocenters. The lowest BCUT2D eigenvalue weighted by molar-refractivity contribution is -0.151. The van der Waals surface area contributed by atoms with Gasteiger partial charge in [0, 0.05) is 0 Å². The topological polar surface area (TPSA) is 46.5 Å². The Morgan fingerprint density at radius 1 is 1.43 bits per heavy atom. The number of aliphatic hydroxyl groups is 1. The predicted octanol–water partition coefficient (Wildman–Crippen LogP) is 1.17. The third-order valence-corrected chi connectivity index (χ3v) is 1.70. The quantitative estimate of drug-likeness (QED) is 0.732. The van der Waals surface area contributed by atoms with Gasteiger partial charge in [-0.25, -0.2) is 13.6 Å². The molecule has 0 heterocycles. The number of aliphatic hydroxyl groups excluding tert-OH is 1. The largest absolute Gasteiger partial charge is 0.467 e. The second kappa shape index (κ2) is 4.15. The molecule has 0 saturated heterocycles. The van der Waals surface area contributed by atoms with Crippen LogP contribution in [0.3, 0.4) is 0 Å². The van der Waals surface area contributed by atoms with E-state index in [0.717, 1.165) is 25.3 Å². The van der Waals surface area contributed by atoms with Gasteiger partial charge in [0.2, 0.25) is 0 Å². The normalized spacial score (nSPS) is 12.3. The van der Waals surface area contributed by atoms with E-state index in [-0.39, 0.29) is 0 Å². The van der Waals surface area contributed by atoms with E-state index in [0.29, 0.717) is 0 Å². The van der Waals surface area contributed by atoms with E-state index < -0.39 is 29.3 Å². The van der Waals surface area contributed by atoms with Crippen LogP contribution in [0.1, 0.15) is 11.7 Å². The van der Waals surface area contributed by atoms with Gasteiger partial charge in [-0.15, -0.1) is 0 Å². The summed E-state index contributed by atoms with van der Waals surface area (Å²) in [5.41, 5.74) is -0.695. The van der Waals surface area contributed by atoms with Crippen molar-refractivity contribution in [2.45, 2.75) is 6.10 Å². The molecular formula is C9H8F2O3. The molecule has 1 rings (SSSR count). The molecule has 0 aliphatic carbocycles. The zero-order chi connectivity index (χ0) is 10.7. The van der Waals surface area contributed by atoms with Crippen molar-refractivity contribution in [3.8, 4) is 0 Å². The van der Waals surface area contributed by atoms with Gasteiger partial charge in [0.25, 0.3) is 0 Å². The lowest BCUT2D eigenvalue weighted by Gasteiger charge is -2.09. The maximum Gasteiger partial charge on any atom is 0.339 e. The molecule has 1 aromatic carbocycles. The molecule has 0 aromatic heterocycles. The predicted molar refractivity (Wildman–Crippen MR) is 43.3 cm³/mol. The van der Waals surface area contributed by atoms with Crippen molar-refractivity contribution in [3.05, 3.63) is 35.4 Å². The first-order chi connectivity index (χ1) is 6.57. The van der Waals surface area contributed by atoms with Crippen LogP contribution in [-0.2, 0) is 9.53 Å². The molecule has 0 amide bonds. The van der Waals surface area contributed by atoms with Gasteiger partial charge in [-0.1, -0.05) is 6.07 Å². The Morgan fingerprint density at radius 3 is 2.36 bits per heavy atom. The molecule has 5 heteroatoms. The third-order valence-electron chi connectivity index (χ3n) is 1.70. The van der Waals surface area contributed by atoms with Crippen LogP contribution in [0, 0.1) is 11.6 Å². The van der Waals surface area contributed by atoms with Crippen LogP contribution in [0.5, 0.6) is 0 Å². The Bertz CT molecular complexity index is 332. The summed E-state index contributed by atoms with van der Waals surface area (Å²) < 4.78 is 30.1. The van der Waals surface area contributed by atoms with Gasteiger partial charge in [0.05, 0.1) is 12.7 Å². The van der Waals surface area contributed by atoms with Crippen LogP contribution >= 0.6 is 0 Å². The van der Waals surface area contributed by atoms with Crippen LogP contribution in [-0.4, -0.2) is 18.2 Å². The Morgan fingerprint density at radius 2 is 1.93 bits per heavy atom. The van der Waals surface area contributed by atoms with Crippen molar-refractivity contribution < 1.29 is 23.4 Å². The molecule has 14 heavy (non-hydrogen) atoms. The summed E-state index contributed by atoms with van der Waals surface area (Å²) in [5.74, 6) is -3.07. The smallest absolute Gasteiger partial charge is 0.339 e. The molecule has 0 radical (unpaired) electrons. The van der Waals surface area contributed by atoms with Gasteiger partial charge in [0.1, 0.15) is 11.6 Å². The highest BCUT2D eigenvalue weighted by Crippen LogP contribution is 2.21. The lowest BCUT2D eigenvalue weighted by Crippen LogP contribution is -2.16. The standard InChI is InChI=1S/C9H8F2O3/c1-14-9(13)8(12)7-5(10)3-2-4-6(7)11/h2-4,8,12H,1H3. The molecule has 0 aliphatic rings. The number of carbonyl (C=O) groups is 1. The zero-order valence-corrected chi connectivity index (χ0v) is 7.33. The van der Waals surface area contributed by atoms with Crippen molar-refractivity contribution in [2.75, 3.05) is 7.11 Å². The average Bonchev–Trinajstić information content (AvgIpc) is 2.16. The van der Waals surface area contributed by atoms with Crippen molar-refractivity contribution in [1.29, 1.82) is 0 Å².